The van der Waals surface area contributed by atoms with Crippen molar-refractivity contribution < 1.29 is 23.1 Å². The summed E-state index contributed by atoms with van der Waals surface area (Å²) in [6, 6.07) is 8.00. The van der Waals surface area contributed by atoms with Gasteiger partial charge in [-0.15, -0.1) is 0 Å². The summed E-state index contributed by atoms with van der Waals surface area (Å²) < 4.78 is 33.6. The van der Waals surface area contributed by atoms with Gasteiger partial charge in [-0.3, -0.25) is 4.79 Å². The van der Waals surface area contributed by atoms with E-state index in [0.29, 0.717) is 11.4 Å². The molecule has 0 fully saturated rings. The van der Waals surface area contributed by atoms with Gasteiger partial charge >= 0.3 is 6.03 Å². The van der Waals surface area contributed by atoms with E-state index in [-0.39, 0.29) is 11.3 Å². The molecule has 1 heterocycles. The van der Waals surface area contributed by atoms with Gasteiger partial charge < -0.3 is 20.7 Å². The van der Waals surface area contributed by atoms with Gasteiger partial charge in [-0.2, -0.15) is 0 Å². The second kappa shape index (κ2) is 7.45. The molecule has 3 amide bonds. The molecule has 0 saturated carbocycles. The summed E-state index contributed by atoms with van der Waals surface area (Å²) in [6.45, 7) is 1.49. The predicted molar refractivity (Wildman–Crippen MR) is 95.1 cm³/mol. The third-order valence-corrected chi connectivity index (χ3v) is 4.15. The van der Waals surface area contributed by atoms with Crippen molar-refractivity contribution >= 4 is 17.6 Å². The minimum atomic E-state index is -1.27. The molecule has 0 spiro atoms. The van der Waals surface area contributed by atoms with Crippen molar-refractivity contribution in [2.45, 2.75) is 13.0 Å². The zero-order chi connectivity index (χ0) is 19.6. The number of halogens is 2. The third kappa shape index (κ3) is 3.74. The van der Waals surface area contributed by atoms with E-state index in [2.05, 4.69) is 16.0 Å². The molecule has 0 bridgehead atoms. The monoisotopic (exact) mass is 373 g/mol. The maximum atomic E-state index is 14.3. The molecule has 2 aromatic carbocycles. The van der Waals surface area contributed by atoms with E-state index in [1.807, 2.05) is 0 Å². The van der Waals surface area contributed by atoms with Crippen LogP contribution in [0.5, 0.6) is 5.75 Å². The number of nitrogens with one attached hydrogen (secondary N) is 3. The van der Waals surface area contributed by atoms with Gasteiger partial charge in [-0.25, -0.2) is 13.6 Å². The summed E-state index contributed by atoms with van der Waals surface area (Å²) in [4.78, 5) is 24.6. The Kier molecular flexibility index (Phi) is 5.07. The van der Waals surface area contributed by atoms with Crippen molar-refractivity contribution in [3.05, 3.63) is 70.9 Å². The molecule has 0 aromatic heterocycles. The summed E-state index contributed by atoms with van der Waals surface area (Å²) in [5.74, 6) is -1.70. The van der Waals surface area contributed by atoms with Crippen LogP contribution in [0.25, 0.3) is 0 Å². The molecule has 1 atom stereocenters. The molecule has 6 nitrogen and oxygen atoms in total. The van der Waals surface area contributed by atoms with Crippen molar-refractivity contribution in [2.75, 3.05) is 12.4 Å². The maximum Gasteiger partial charge on any atom is 0.319 e. The number of amides is 3. The van der Waals surface area contributed by atoms with Gasteiger partial charge in [0.2, 0.25) is 0 Å². The molecule has 140 valence electrons. The van der Waals surface area contributed by atoms with Crippen LogP contribution in [0.4, 0.5) is 19.3 Å². The number of methoxy groups -OCH3 is 1. The highest BCUT2D eigenvalue weighted by molar-refractivity contribution is 6.06. The molecular weight excluding hydrogens is 356 g/mol. The minimum absolute atomic E-state index is 0.00872. The van der Waals surface area contributed by atoms with Gasteiger partial charge in [0, 0.05) is 11.4 Å². The van der Waals surface area contributed by atoms with Gasteiger partial charge in [0.25, 0.3) is 5.91 Å². The topological polar surface area (TPSA) is 79.5 Å². The Labute approximate surface area is 154 Å². The average molecular weight is 373 g/mol. The predicted octanol–water partition coefficient (Wildman–Crippen LogP) is 3.24. The van der Waals surface area contributed by atoms with Crippen molar-refractivity contribution in [3.63, 3.8) is 0 Å². The summed E-state index contributed by atoms with van der Waals surface area (Å²) in [5.41, 5.74) is 0.282. The standard InChI is InChI=1S/C19H17F2N3O3/c1-10-15(18(25)23-11-6-8-12(27-2)9-7-11)17(24-19(26)22-10)16-13(20)4-3-5-14(16)21/h3-9,17H,1-2H3,(H,23,25)(H2,22,24,26)/t17-/m1/s1. The Bertz CT molecular complexity index is 906. The van der Waals surface area contributed by atoms with E-state index in [4.69, 9.17) is 4.74 Å². The lowest BCUT2D eigenvalue weighted by Gasteiger charge is -2.29. The number of ether oxygens (including phenoxy) is 1. The molecule has 0 aliphatic carbocycles. The van der Waals surface area contributed by atoms with Gasteiger partial charge in [-0.1, -0.05) is 6.07 Å². The summed E-state index contributed by atoms with van der Waals surface area (Å²) >= 11 is 0. The van der Waals surface area contributed by atoms with E-state index in [9.17, 15) is 18.4 Å². The Hall–Kier alpha value is -3.42. The molecular formula is C19H17F2N3O3. The van der Waals surface area contributed by atoms with Crippen LogP contribution in [0, 0.1) is 11.6 Å². The summed E-state index contributed by atoms with van der Waals surface area (Å²) in [7, 11) is 1.52. The lowest BCUT2D eigenvalue weighted by atomic mass is 9.94. The van der Waals surface area contributed by atoms with E-state index in [1.165, 1.54) is 20.1 Å². The first-order chi connectivity index (χ1) is 12.9. The second-order valence-electron chi connectivity index (χ2n) is 5.89. The van der Waals surface area contributed by atoms with Crippen LogP contribution in [0.15, 0.2) is 53.7 Å². The van der Waals surface area contributed by atoms with Crippen molar-refractivity contribution in [1.29, 1.82) is 0 Å². The minimum Gasteiger partial charge on any atom is -0.497 e. The Morgan fingerprint density at radius 1 is 1.11 bits per heavy atom. The van der Waals surface area contributed by atoms with Crippen LogP contribution >= 0.6 is 0 Å². The van der Waals surface area contributed by atoms with Crippen LogP contribution in [0.2, 0.25) is 0 Å². The van der Waals surface area contributed by atoms with Crippen LogP contribution in [-0.2, 0) is 4.79 Å². The molecule has 0 radical (unpaired) electrons. The Balaban J connectivity index is 1.97. The highest BCUT2D eigenvalue weighted by Crippen LogP contribution is 2.31. The first-order valence-electron chi connectivity index (χ1n) is 8.08. The van der Waals surface area contributed by atoms with E-state index in [0.717, 1.165) is 12.1 Å². The first kappa shape index (κ1) is 18.4. The van der Waals surface area contributed by atoms with Crippen LogP contribution in [0.3, 0.4) is 0 Å². The number of carbonyl (C=O) groups is 2. The first-order valence-corrected chi connectivity index (χ1v) is 8.08. The molecule has 27 heavy (non-hydrogen) atoms. The Morgan fingerprint density at radius 2 is 1.74 bits per heavy atom. The van der Waals surface area contributed by atoms with E-state index >= 15 is 0 Å². The van der Waals surface area contributed by atoms with Crippen LogP contribution < -0.4 is 20.7 Å². The summed E-state index contributed by atoms with van der Waals surface area (Å²) in [6.07, 6.45) is 0. The van der Waals surface area contributed by atoms with Gasteiger partial charge in [-0.05, 0) is 43.3 Å². The van der Waals surface area contributed by atoms with Gasteiger partial charge in [0.05, 0.1) is 24.3 Å². The summed E-state index contributed by atoms with van der Waals surface area (Å²) in [5, 5.41) is 7.53. The molecule has 2 aromatic rings. The molecule has 1 aliphatic rings. The van der Waals surface area contributed by atoms with E-state index < -0.39 is 35.2 Å². The fraction of sp³-hybridized carbons (Fsp3) is 0.158. The maximum absolute atomic E-state index is 14.3. The molecule has 0 saturated heterocycles. The molecule has 1 aliphatic heterocycles. The third-order valence-electron chi connectivity index (χ3n) is 4.15. The highest BCUT2D eigenvalue weighted by Gasteiger charge is 2.34. The molecule has 3 N–H and O–H groups in total. The largest absolute Gasteiger partial charge is 0.497 e. The fourth-order valence-electron chi connectivity index (χ4n) is 2.87. The number of benzene rings is 2. The fourth-order valence-corrected chi connectivity index (χ4v) is 2.87. The number of urea groups is 1. The second-order valence-corrected chi connectivity index (χ2v) is 5.89. The van der Waals surface area contributed by atoms with Gasteiger partial charge in [0.1, 0.15) is 17.4 Å². The van der Waals surface area contributed by atoms with E-state index in [1.54, 1.807) is 24.3 Å². The smallest absolute Gasteiger partial charge is 0.319 e. The van der Waals surface area contributed by atoms with Crippen LogP contribution in [-0.4, -0.2) is 19.0 Å². The highest BCUT2D eigenvalue weighted by atomic mass is 19.1. The molecule has 3 rings (SSSR count). The number of hydrogen-bond donors (Lipinski definition) is 3. The number of carbonyl (C=O) groups excluding carboxylic acids is 2. The zero-order valence-corrected chi connectivity index (χ0v) is 14.6. The lowest BCUT2D eigenvalue weighted by Crippen LogP contribution is -2.46. The number of rotatable bonds is 4. The molecule has 8 heteroatoms. The van der Waals surface area contributed by atoms with Crippen LogP contribution in [0.1, 0.15) is 18.5 Å². The quantitative estimate of drug-likeness (QED) is 0.770. The normalized spacial score (nSPS) is 16.4. The SMILES string of the molecule is COc1ccc(NC(=O)C2=C(C)NC(=O)N[C@H]2c2c(F)cccc2F)cc1. The number of hydrogen-bond acceptors (Lipinski definition) is 3. The van der Waals surface area contributed by atoms with Crippen molar-refractivity contribution in [2.24, 2.45) is 0 Å². The molecule has 0 unspecified atom stereocenters. The Morgan fingerprint density at radius 3 is 2.33 bits per heavy atom. The van der Waals surface area contributed by atoms with Crippen molar-refractivity contribution in [1.82, 2.24) is 10.6 Å². The number of anilines is 1. The average Bonchev–Trinajstić information content (AvgIpc) is 2.61. The zero-order valence-electron chi connectivity index (χ0n) is 14.6. The van der Waals surface area contributed by atoms with Gasteiger partial charge in [0.15, 0.2) is 0 Å². The lowest BCUT2D eigenvalue weighted by molar-refractivity contribution is -0.113. The number of allylic oxidation sites excluding steroid dienone is 1. The van der Waals surface area contributed by atoms with Crippen molar-refractivity contribution in [3.8, 4) is 5.75 Å².